The first-order valence-corrected chi connectivity index (χ1v) is 19.6. The third-order valence-corrected chi connectivity index (χ3v) is 11.1. The van der Waals surface area contributed by atoms with Crippen molar-refractivity contribution in [2.45, 2.75) is 0 Å². The lowest BCUT2D eigenvalue weighted by molar-refractivity contribution is 1.28. The number of anilines is 3. The van der Waals surface area contributed by atoms with E-state index >= 15 is 0 Å². The maximum atomic E-state index is 2.46. The van der Waals surface area contributed by atoms with Crippen molar-refractivity contribution in [3.8, 4) is 55.6 Å². The highest BCUT2D eigenvalue weighted by atomic mass is 15.1. The van der Waals surface area contributed by atoms with Crippen LogP contribution in [0, 0.1) is 0 Å². The minimum Gasteiger partial charge on any atom is -0.309 e. The fraction of sp³-hybridized carbons (Fsp3) is 0. The molecule has 0 atom stereocenters. The molecular weight excluding hydrogens is 687 g/mol. The highest BCUT2D eigenvalue weighted by Gasteiger charge is 2.24. The van der Waals surface area contributed by atoms with E-state index in [2.05, 4.69) is 241 Å². The Hall–Kier alpha value is -7.48. The van der Waals surface area contributed by atoms with E-state index in [0.29, 0.717) is 0 Å². The smallest absolute Gasteiger partial charge is 0.0546 e. The highest BCUT2D eigenvalue weighted by Crippen LogP contribution is 2.49. The van der Waals surface area contributed by atoms with Gasteiger partial charge in [0.2, 0.25) is 0 Å². The van der Waals surface area contributed by atoms with Gasteiger partial charge in [-0.2, -0.15) is 0 Å². The number of hydrogen-bond acceptors (Lipinski definition) is 1. The Morgan fingerprint density at radius 1 is 0.246 bits per heavy atom. The molecule has 268 valence electrons. The predicted octanol–water partition coefficient (Wildman–Crippen LogP) is 15.8. The Morgan fingerprint density at radius 2 is 0.737 bits per heavy atom. The van der Waals surface area contributed by atoms with Gasteiger partial charge in [-0.3, -0.25) is 0 Å². The van der Waals surface area contributed by atoms with Crippen LogP contribution in [-0.2, 0) is 0 Å². The summed E-state index contributed by atoms with van der Waals surface area (Å²) in [6.45, 7) is 0. The summed E-state index contributed by atoms with van der Waals surface area (Å²) in [5, 5.41) is 5.07. The van der Waals surface area contributed by atoms with Crippen molar-refractivity contribution in [3.05, 3.63) is 237 Å². The molecule has 0 aliphatic rings. The van der Waals surface area contributed by atoms with Gasteiger partial charge in [0.25, 0.3) is 0 Å². The number of fused-ring (bicyclic) bond motifs is 3. The molecule has 0 saturated heterocycles. The minimum atomic E-state index is 1.08. The lowest BCUT2D eigenvalue weighted by Gasteiger charge is -2.31. The summed E-state index contributed by atoms with van der Waals surface area (Å²) in [7, 11) is 0. The quantitative estimate of drug-likeness (QED) is 0.141. The molecule has 0 aromatic heterocycles. The van der Waals surface area contributed by atoms with E-state index < -0.39 is 0 Å². The molecule has 10 aromatic rings. The summed E-state index contributed by atoms with van der Waals surface area (Å²) in [5.41, 5.74) is 15.1. The number of benzene rings is 10. The number of hydrogen-bond donors (Lipinski definition) is 0. The van der Waals surface area contributed by atoms with Crippen molar-refractivity contribution in [1.29, 1.82) is 0 Å². The second-order valence-electron chi connectivity index (χ2n) is 14.5. The summed E-state index contributed by atoms with van der Waals surface area (Å²) in [5.74, 6) is 0. The van der Waals surface area contributed by atoms with Gasteiger partial charge in [0.15, 0.2) is 0 Å². The van der Waals surface area contributed by atoms with Gasteiger partial charge in [-0.05, 0) is 96.4 Å². The zero-order chi connectivity index (χ0) is 38.0. The van der Waals surface area contributed by atoms with E-state index in [1.165, 1.54) is 71.6 Å². The lowest BCUT2D eigenvalue weighted by atomic mass is 9.87. The van der Waals surface area contributed by atoms with Crippen molar-refractivity contribution in [2.24, 2.45) is 0 Å². The van der Waals surface area contributed by atoms with E-state index in [1.807, 2.05) is 0 Å². The molecule has 0 spiro atoms. The van der Waals surface area contributed by atoms with Crippen molar-refractivity contribution in [1.82, 2.24) is 0 Å². The molecule has 0 amide bonds. The third-order valence-electron chi connectivity index (χ3n) is 11.1. The highest BCUT2D eigenvalue weighted by molar-refractivity contribution is 6.08. The van der Waals surface area contributed by atoms with Gasteiger partial charge in [0.1, 0.15) is 0 Å². The van der Waals surface area contributed by atoms with E-state index in [0.717, 1.165) is 22.6 Å². The first-order valence-electron chi connectivity index (χ1n) is 19.6. The van der Waals surface area contributed by atoms with E-state index in [4.69, 9.17) is 0 Å². The fourth-order valence-electron chi connectivity index (χ4n) is 8.37. The van der Waals surface area contributed by atoms with Crippen LogP contribution in [0.4, 0.5) is 17.1 Å². The largest absolute Gasteiger partial charge is 0.309 e. The number of nitrogens with zero attached hydrogens (tertiary/aromatic N) is 1. The van der Waals surface area contributed by atoms with Gasteiger partial charge < -0.3 is 4.90 Å². The summed E-state index contributed by atoms with van der Waals surface area (Å²) in [4.78, 5) is 2.46. The van der Waals surface area contributed by atoms with Crippen LogP contribution in [0.5, 0.6) is 0 Å². The minimum absolute atomic E-state index is 1.08. The van der Waals surface area contributed by atoms with Crippen LogP contribution < -0.4 is 4.90 Å². The lowest BCUT2D eigenvalue weighted by Crippen LogP contribution is -2.13. The summed E-state index contributed by atoms with van der Waals surface area (Å²) in [6.07, 6.45) is 0. The molecule has 10 rings (SSSR count). The number of para-hydroxylation sites is 1. The average molecular weight is 726 g/mol. The van der Waals surface area contributed by atoms with Crippen molar-refractivity contribution in [3.63, 3.8) is 0 Å². The molecule has 0 aliphatic heterocycles. The first-order chi connectivity index (χ1) is 28.3. The van der Waals surface area contributed by atoms with Crippen LogP contribution >= 0.6 is 0 Å². The van der Waals surface area contributed by atoms with Gasteiger partial charge in [0, 0.05) is 16.8 Å². The summed E-state index contributed by atoms with van der Waals surface area (Å²) in [6, 6.07) is 85.7. The van der Waals surface area contributed by atoms with Gasteiger partial charge in [-0.1, -0.05) is 206 Å². The molecule has 0 N–H and O–H groups in total. The van der Waals surface area contributed by atoms with Crippen LogP contribution in [-0.4, -0.2) is 0 Å². The maximum Gasteiger partial charge on any atom is 0.0546 e. The fourth-order valence-corrected chi connectivity index (χ4v) is 8.37. The monoisotopic (exact) mass is 725 g/mol. The first kappa shape index (κ1) is 34.0. The summed E-state index contributed by atoms with van der Waals surface area (Å²) < 4.78 is 0. The van der Waals surface area contributed by atoms with Crippen LogP contribution in [0.25, 0.3) is 77.2 Å². The summed E-state index contributed by atoms with van der Waals surface area (Å²) >= 11 is 0. The van der Waals surface area contributed by atoms with Gasteiger partial charge in [0.05, 0.1) is 11.4 Å². The topological polar surface area (TPSA) is 3.24 Å². The zero-order valence-electron chi connectivity index (χ0n) is 31.5. The Bertz CT molecular complexity index is 2990. The molecule has 0 aliphatic carbocycles. The predicted molar refractivity (Wildman–Crippen MR) is 243 cm³/mol. The molecule has 0 saturated carbocycles. The molecule has 0 radical (unpaired) electrons. The second-order valence-corrected chi connectivity index (χ2v) is 14.5. The Labute approximate surface area is 334 Å². The molecule has 57 heavy (non-hydrogen) atoms. The SMILES string of the molecule is c1ccc(-c2ccccc2-c2c(-c3ccccc3)cccc2N(c2ccc(-c3ccc4c(ccc5ccccc54)c3)cc2)c2ccccc2-c2ccccc2)cc1. The van der Waals surface area contributed by atoms with Crippen LogP contribution in [0.1, 0.15) is 0 Å². The normalized spacial score (nSPS) is 11.2. The standard InChI is InChI=1S/C56H39N/c1-4-17-41(18-5-1)49-25-12-13-27-53(49)56-52(43-21-8-3-9-22-43)28-16-30-55(56)57(54-29-15-14-26-51(54)42-19-6-2-7-20-42)47-36-33-40(34-37-47)45-35-38-50-46(39-45)32-31-44-23-10-11-24-48(44)50/h1-39H. The van der Waals surface area contributed by atoms with Gasteiger partial charge in [-0.15, -0.1) is 0 Å². The molecule has 1 heteroatoms. The molecule has 0 unspecified atom stereocenters. The van der Waals surface area contributed by atoms with Gasteiger partial charge in [-0.25, -0.2) is 0 Å². The molecule has 10 aromatic carbocycles. The third kappa shape index (κ3) is 6.46. The molecule has 1 nitrogen and oxygen atoms in total. The molecule has 0 heterocycles. The second kappa shape index (κ2) is 15.0. The Balaban J connectivity index is 1.20. The zero-order valence-corrected chi connectivity index (χ0v) is 31.5. The molecule has 0 fully saturated rings. The van der Waals surface area contributed by atoms with Crippen molar-refractivity contribution >= 4 is 38.6 Å². The van der Waals surface area contributed by atoms with Crippen molar-refractivity contribution in [2.75, 3.05) is 4.90 Å². The van der Waals surface area contributed by atoms with E-state index in [9.17, 15) is 0 Å². The van der Waals surface area contributed by atoms with Crippen LogP contribution in [0.2, 0.25) is 0 Å². The Kier molecular flexibility index (Phi) is 8.95. The van der Waals surface area contributed by atoms with E-state index in [1.54, 1.807) is 0 Å². The maximum absolute atomic E-state index is 2.46. The Morgan fingerprint density at radius 3 is 1.46 bits per heavy atom. The number of rotatable bonds is 8. The molecule has 0 bridgehead atoms. The average Bonchev–Trinajstić information content (AvgIpc) is 3.30. The van der Waals surface area contributed by atoms with Gasteiger partial charge >= 0.3 is 0 Å². The van der Waals surface area contributed by atoms with Crippen LogP contribution in [0.15, 0.2) is 237 Å². The van der Waals surface area contributed by atoms with Crippen molar-refractivity contribution < 1.29 is 0 Å². The molecular formula is C56H39N. The van der Waals surface area contributed by atoms with Crippen LogP contribution in [0.3, 0.4) is 0 Å². The van der Waals surface area contributed by atoms with E-state index in [-0.39, 0.29) is 0 Å².